The molecule has 0 saturated carbocycles. The van der Waals surface area contributed by atoms with Gasteiger partial charge in [-0.05, 0) is 30.3 Å². The lowest BCUT2D eigenvalue weighted by Gasteiger charge is -2.32. The maximum absolute atomic E-state index is 13.6. The van der Waals surface area contributed by atoms with Crippen LogP contribution in [0, 0.1) is 0 Å². The van der Waals surface area contributed by atoms with Crippen molar-refractivity contribution in [3.63, 3.8) is 0 Å². The van der Waals surface area contributed by atoms with E-state index in [9.17, 15) is 13.2 Å². The zero-order chi connectivity index (χ0) is 23.9. The Morgan fingerprint density at radius 1 is 1.26 bits per heavy atom. The van der Waals surface area contributed by atoms with E-state index in [-0.39, 0.29) is 36.9 Å². The van der Waals surface area contributed by atoms with E-state index in [4.69, 9.17) is 26.8 Å². The zero-order valence-electron chi connectivity index (χ0n) is 17.9. The number of sulfonamides is 1. The minimum Gasteiger partial charge on any atom is -0.489 e. The van der Waals surface area contributed by atoms with Gasteiger partial charge in [-0.3, -0.25) is 9.78 Å². The quantitative estimate of drug-likeness (QED) is 0.419. The second-order valence-electron chi connectivity index (χ2n) is 7.88. The highest BCUT2D eigenvalue weighted by molar-refractivity contribution is 7.89. The Hall–Kier alpha value is -3.18. The number of fused-ring (bicyclic) bond motifs is 2. The van der Waals surface area contributed by atoms with Crippen LogP contribution in [-0.2, 0) is 14.8 Å². The number of halogens is 1. The first-order valence-corrected chi connectivity index (χ1v) is 12.4. The number of morpholine rings is 1. The number of carbonyl (C=O) groups is 1. The Morgan fingerprint density at radius 3 is 2.91 bits per heavy atom. The number of hydrogen-bond acceptors (Lipinski definition) is 6. The molecule has 4 aromatic rings. The van der Waals surface area contributed by atoms with Gasteiger partial charge in [-0.25, -0.2) is 8.42 Å². The molecule has 1 aliphatic heterocycles. The number of nitrogens with zero attached hydrogens (tertiary/aromatic N) is 2. The Labute approximate surface area is 200 Å². The van der Waals surface area contributed by atoms with Crippen LogP contribution in [0.5, 0.6) is 5.75 Å². The van der Waals surface area contributed by atoms with E-state index in [1.165, 1.54) is 10.4 Å². The van der Waals surface area contributed by atoms with Gasteiger partial charge in [-0.15, -0.1) is 0 Å². The van der Waals surface area contributed by atoms with Crippen LogP contribution in [0.4, 0.5) is 0 Å². The van der Waals surface area contributed by atoms with Gasteiger partial charge in [0.05, 0.1) is 6.61 Å². The number of amides is 1. The van der Waals surface area contributed by atoms with Crippen LogP contribution in [0.15, 0.2) is 59.6 Å². The number of primary amides is 1. The molecule has 0 radical (unpaired) electrons. The number of aromatic amines is 1. The third-order valence-electron chi connectivity index (χ3n) is 5.68. The number of benzene rings is 2. The van der Waals surface area contributed by atoms with Gasteiger partial charge in [0.2, 0.25) is 10.0 Å². The van der Waals surface area contributed by atoms with Crippen molar-refractivity contribution in [1.82, 2.24) is 14.3 Å². The van der Waals surface area contributed by atoms with Crippen LogP contribution in [-0.4, -0.2) is 61.0 Å². The van der Waals surface area contributed by atoms with Gasteiger partial charge < -0.3 is 20.2 Å². The van der Waals surface area contributed by atoms with E-state index in [0.717, 1.165) is 5.39 Å². The third-order valence-corrected chi connectivity index (χ3v) is 7.87. The van der Waals surface area contributed by atoms with Crippen LogP contribution in [0.2, 0.25) is 5.02 Å². The summed E-state index contributed by atoms with van der Waals surface area (Å²) in [6.45, 7) is 0.478. The summed E-state index contributed by atoms with van der Waals surface area (Å²) >= 11 is 6.10. The molecule has 34 heavy (non-hydrogen) atoms. The highest BCUT2D eigenvalue weighted by Crippen LogP contribution is 2.32. The fourth-order valence-corrected chi connectivity index (χ4v) is 6.06. The van der Waals surface area contributed by atoms with E-state index < -0.39 is 22.0 Å². The summed E-state index contributed by atoms with van der Waals surface area (Å²) < 4.78 is 40.3. The second-order valence-corrected chi connectivity index (χ2v) is 10.2. The van der Waals surface area contributed by atoms with Crippen molar-refractivity contribution < 1.29 is 22.7 Å². The lowest BCUT2D eigenvalue weighted by atomic mass is 10.2. The van der Waals surface area contributed by atoms with Crippen molar-refractivity contribution in [2.45, 2.75) is 11.0 Å². The summed E-state index contributed by atoms with van der Waals surface area (Å²) in [5, 5.41) is 1.59. The summed E-state index contributed by atoms with van der Waals surface area (Å²) in [4.78, 5) is 19.1. The maximum atomic E-state index is 13.6. The molecule has 1 atom stereocenters. The van der Waals surface area contributed by atoms with Gasteiger partial charge in [0.1, 0.15) is 34.6 Å². The maximum Gasteiger partial charge on any atom is 0.266 e. The molecule has 1 amide bonds. The molecule has 0 spiro atoms. The standard InChI is InChI=1S/C23H21ClN4O5S/c24-15-6-7-18-17(11-15)22(21(27-18)23(25)29)34(30,31)28-9-10-32-16(12-28)13-33-19-5-1-3-14-4-2-8-26-20(14)19/h1-8,11,16,27H,9-10,12-13H2,(H2,25,29). The minimum atomic E-state index is -4.09. The molecule has 2 aromatic carbocycles. The first-order valence-electron chi connectivity index (χ1n) is 10.5. The molecule has 5 rings (SSSR count). The highest BCUT2D eigenvalue weighted by atomic mass is 35.5. The monoisotopic (exact) mass is 500 g/mol. The van der Waals surface area contributed by atoms with Crippen molar-refractivity contribution in [1.29, 1.82) is 0 Å². The number of aromatic nitrogens is 2. The van der Waals surface area contributed by atoms with Gasteiger partial charge in [-0.1, -0.05) is 29.8 Å². The van der Waals surface area contributed by atoms with Crippen molar-refractivity contribution in [3.05, 3.63) is 65.4 Å². The number of rotatable bonds is 6. The van der Waals surface area contributed by atoms with E-state index in [2.05, 4.69) is 9.97 Å². The number of hydrogen-bond donors (Lipinski definition) is 2. The van der Waals surface area contributed by atoms with Gasteiger partial charge in [0.25, 0.3) is 5.91 Å². The number of para-hydroxylation sites is 1. The number of nitrogens with one attached hydrogen (secondary N) is 1. The average molecular weight is 501 g/mol. The van der Waals surface area contributed by atoms with Crippen LogP contribution in [0.3, 0.4) is 0 Å². The summed E-state index contributed by atoms with van der Waals surface area (Å²) in [6, 6.07) is 14.1. The highest BCUT2D eigenvalue weighted by Gasteiger charge is 2.36. The molecule has 1 fully saturated rings. The van der Waals surface area contributed by atoms with E-state index >= 15 is 0 Å². The minimum absolute atomic E-state index is 0.0476. The third kappa shape index (κ3) is 4.09. The molecule has 1 unspecified atom stereocenters. The first-order chi connectivity index (χ1) is 16.3. The molecule has 9 nitrogen and oxygen atoms in total. The smallest absolute Gasteiger partial charge is 0.266 e. The lowest BCUT2D eigenvalue weighted by molar-refractivity contribution is -0.0247. The second kappa shape index (κ2) is 8.88. The van der Waals surface area contributed by atoms with Crippen LogP contribution in [0.1, 0.15) is 10.5 Å². The molecule has 0 bridgehead atoms. The molecule has 1 saturated heterocycles. The molecular formula is C23H21ClN4O5S. The Morgan fingerprint density at radius 2 is 2.09 bits per heavy atom. The SMILES string of the molecule is NC(=O)c1[nH]c2ccc(Cl)cc2c1S(=O)(=O)N1CCOC(COc2cccc3cccnc23)C1. The average Bonchev–Trinajstić information content (AvgIpc) is 3.23. The van der Waals surface area contributed by atoms with Gasteiger partial charge in [-0.2, -0.15) is 4.31 Å². The van der Waals surface area contributed by atoms with Crippen molar-refractivity contribution in [3.8, 4) is 5.75 Å². The summed E-state index contributed by atoms with van der Waals surface area (Å²) in [7, 11) is -4.09. The first kappa shape index (κ1) is 22.6. The van der Waals surface area contributed by atoms with Crippen molar-refractivity contribution in [2.75, 3.05) is 26.3 Å². The van der Waals surface area contributed by atoms with E-state index in [0.29, 0.717) is 27.2 Å². The Balaban J connectivity index is 1.41. The van der Waals surface area contributed by atoms with Crippen molar-refractivity contribution >= 4 is 49.3 Å². The molecule has 176 valence electrons. The number of H-pyrrole nitrogens is 1. The number of ether oxygens (including phenoxy) is 2. The Bertz CT molecular complexity index is 1500. The predicted molar refractivity (Wildman–Crippen MR) is 128 cm³/mol. The number of nitrogens with two attached hydrogens (primary N) is 1. The van der Waals surface area contributed by atoms with E-state index in [1.807, 2.05) is 30.3 Å². The largest absolute Gasteiger partial charge is 0.489 e. The summed E-state index contributed by atoms with van der Waals surface area (Å²) in [5.41, 5.74) is 6.48. The fraction of sp³-hybridized carbons (Fsp3) is 0.217. The van der Waals surface area contributed by atoms with Gasteiger partial charge in [0.15, 0.2) is 0 Å². The number of pyridine rings is 1. The van der Waals surface area contributed by atoms with Crippen LogP contribution >= 0.6 is 11.6 Å². The van der Waals surface area contributed by atoms with Crippen LogP contribution in [0.25, 0.3) is 21.8 Å². The predicted octanol–water partition coefficient (Wildman–Crippen LogP) is 2.94. The van der Waals surface area contributed by atoms with E-state index in [1.54, 1.807) is 18.3 Å². The fourth-order valence-electron chi connectivity index (χ4n) is 4.10. The molecule has 1 aliphatic rings. The van der Waals surface area contributed by atoms with Crippen molar-refractivity contribution in [2.24, 2.45) is 5.73 Å². The van der Waals surface area contributed by atoms with Gasteiger partial charge in [0, 0.05) is 40.6 Å². The molecule has 11 heteroatoms. The topological polar surface area (TPSA) is 128 Å². The summed E-state index contributed by atoms with van der Waals surface area (Å²) in [5.74, 6) is -0.286. The molecule has 2 aromatic heterocycles. The summed E-state index contributed by atoms with van der Waals surface area (Å²) in [6.07, 6.45) is 1.16. The number of carbonyl (C=O) groups excluding carboxylic acids is 1. The van der Waals surface area contributed by atoms with Gasteiger partial charge >= 0.3 is 0 Å². The lowest BCUT2D eigenvalue weighted by Crippen LogP contribution is -2.47. The molecular weight excluding hydrogens is 480 g/mol. The normalized spacial score (nSPS) is 17.3. The molecule has 3 N–H and O–H groups in total. The molecule has 3 heterocycles. The molecule has 0 aliphatic carbocycles. The van der Waals surface area contributed by atoms with Crippen LogP contribution < -0.4 is 10.5 Å². The Kier molecular flexibility index (Phi) is 5.90. The zero-order valence-corrected chi connectivity index (χ0v) is 19.5.